The third-order valence-corrected chi connectivity index (χ3v) is 5.98. The SMILES string of the molecule is CCCCCOc1ccc(/C(O)=C2\C(=O)C(=O)N(c3cc(C)ccc3O)C2c2cccnc2)cc1. The number of rotatable bonds is 8. The van der Waals surface area contributed by atoms with E-state index in [0.29, 0.717) is 23.5 Å². The number of ketones is 1. The summed E-state index contributed by atoms with van der Waals surface area (Å²) in [4.78, 5) is 31.8. The molecule has 35 heavy (non-hydrogen) atoms. The largest absolute Gasteiger partial charge is 0.507 e. The molecule has 1 amide bonds. The minimum atomic E-state index is -0.957. The quantitative estimate of drug-likeness (QED) is 0.200. The number of aryl methyl sites for hydroxylation is 1. The molecule has 0 spiro atoms. The van der Waals surface area contributed by atoms with Crippen molar-refractivity contribution in [3.8, 4) is 11.5 Å². The number of carbonyl (C=O) groups is 2. The molecule has 2 aromatic carbocycles. The van der Waals surface area contributed by atoms with Crippen LogP contribution in [0.15, 0.2) is 72.6 Å². The molecule has 0 radical (unpaired) electrons. The van der Waals surface area contributed by atoms with E-state index in [1.165, 1.54) is 17.2 Å². The van der Waals surface area contributed by atoms with Gasteiger partial charge < -0.3 is 14.9 Å². The molecular formula is C28H28N2O5. The molecule has 1 aromatic heterocycles. The summed E-state index contributed by atoms with van der Waals surface area (Å²) in [6.07, 6.45) is 6.27. The minimum absolute atomic E-state index is 0.0690. The van der Waals surface area contributed by atoms with Crippen molar-refractivity contribution in [1.29, 1.82) is 0 Å². The van der Waals surface area contributed by atoms with Crippen LogP contribution < -0.4 is 9.64 Å². The second kappa shape index (κ2) is 10.4. The van der Waals surface area contributed by atoms with Gasteiger partial charge in [0, 0.05) is 18.0 Å². The number of amides is 1. The predicted octanol–water partition coefficient (Wildman–Crippen LogP) is 5.29. The molecule has 2 N–H and O–H groups in total. The van der Waals surface area contributed by atoms with E-state index in [2.05, 4.69) is 11.9 Å². The highest BCUT2D eigenvalue weighted by Crippen LogP contribution is 2.44. The first-order valence-electron chi connectivity index (χ1n) is 11.7. The Kier molecular flexibility index (Phi) is 7.15. The summed E-state index contributed by atoms with van der Waals surface area (Å²) in [5.41, 5.74) is 1.84. The number of ether oxygens (including phenoxy) is 1. The number of phenols is 1. The van der Waals surface area contributed by atoms with Gasteiger partial charge in [0.2, 0.25) is 0 Å². The number of benzene rings is 2. The molecule has 0 saturated carbocycles. The normalized spacial score (nSPS) is 17.1. The van der Waals surface area contributed by atoms with Crippen LogP contribution in [0.3, 0.4) is 0 Å². The molecule has 1 aliphatic heterocycles. The molecular weight excluding hydrogens is 444 g/mol. The average molecular weight is 473 g/mol. The number of aromatic nitrogens is 1. The maximum Gasteiger partial charge on any atom is 0.300 e. The van der Waals surface area contributed by atoms with Crippen LogP contribution in [-0.4, -0.2) is 33.5 Å². The number of nitrogens with zero attached hydrogens (tertiary/aromatic N) is 2. The van der Waals surface area contributed by atoms with Gasteiger partial charge in [0.15, 0.2) is 0 Å². The van der Waals surface area contributed by atoms with E-state index in [1.54, 1.807) is 54.7 Å². The maximum atomic E-state index is 13.2. The van der Waals surface area contributed by atoms with Crippen LogP contribution in [0.5, 0.6) is 11.5 Å². The Morgan fingerprint density at radius 1 is 1.09 bits per heavy atom. The van der Waals surface area contributed by atoms with E-state index >= 15 is 0 Å². The number of aromatic hydroxyl groups is 1. The van der Waals surface area contributed by atoms with Crippen LogP contribution in [0.25, 0.3) is 5.76 Å². The molecule has 2 heterocycles. The Morgan fingerprint density at radius 3 is 2.54 bits per heavy atom. The molecule has 0 aliphatic carbocycles. The Hall–Kier alpha value is -4.13. The van der Waals surface area contributed by atoms with E-state index in [9.17, 15) is 19.8 Å². The molecule has 1 atom stereocenters. The number of aliphatic hydroxyl groups is 1. The topological polar surface area (TPSA) is 100.0 Å². The summed E-state index contributed by atoms with van der Waals surface area (Å²) in [6.45, 7) is 4.55. The van der Waals surface area contributed by atoms with Gasteiger partial charge in [-0.3, -0.25) is 19.5 Å². The van der Waals surface area contributed by atoms with E-state index < -0.39 is 17.7 Å². The van der Waals surface area contributed by atoms with Crippen molar-refractivity contribution in [1.82, 2.24) is 4.98 Å². The number of pyridine rings is 1. The van der Waals surface area contributed by atoms with Crippen LogP contribution in [0, 0.1) is 6.92 Å². The smallest absolute Gasteiger partial charge is 0.300 e. The number of hydrogen-bond acceptors (Lipinski definition) is 6. The predicted molar refractivity (Wildman–Crippen MR) is 133 cm³/mol. The van der Waals surface area contributed by atoms with Gasteiger partial charge >= 0.3 is 0 Å². The first kappa shape index (κ1) is 24.0. The number of carbonyl (C=O) groups excluding carboxylic acids is 2. The third kappa shape index (κ3) is 4.89. The van der Waals surface area contributed by atoms with Gasteiger partial charge in [0.1, 0.15) is 17.3 Å². The van der Waals surface area contributed by atoms with Crippen molar-refractivity contribution in [2.24, 2.45) is 0 Å². The lowest BCUT2D eigenvalue weighted by Gasteiger charge is -2.26. The lowest BCUT2D eigenvalue weighted by Crippen LogP contribution is -2.29. The average Bonchev–Trinajstić information content (AvgIpc) is 3.14. The van der Waals surface area contributed by atoms with E-state index in [-0.39, 0.29) is 22.8 Å². The van der Waals surface area contributed by atoms with Gasteiger partial charge in [-0.25, -0.2) is 0 Å². The van der Waals surface area contributed by atoms with Gasteiger partial charge in [-0.1, -0.05) is 31.9 Å². The van der Waals surface area contributed by atoms with E-state index in [0.717, 1.165) is 24.8 Å². The zero-order valence-electron chi connectivity index (χ0n) is 19.8. The molecule has 1 fully saturated rings. The highest BCUT2D eigenvalue weighted by Gasteiger charge is 2.47. The highest BCUT2D eigenvalue weighted by molar-refractivity contribution is 6.51. The highest BCUT2D eigenvalue weighted by atomic mass is 16.5. The Labute approximate surface area is 204 Å². The summed E-state index contributed by atoms with van der Waals surface area (Å²) < 4.78 is 5.73. The molecule has 1 aliphatic rings. The molecule has 0 bridgehead atoms. The Bertz CT molecular complexity index is 1250. The maximum absolute atomic E-state index is 13.2. The van der Waals surface area contributed by atoms with Crippen LogP contribution in [0.2, 0.25) is 0 Å². The van der Waals surface area contributed by atoms with E-state index in [1.807, 2.05) is 6.92 Å². The second-order valence-corrected chi connectivity index (χ2v) is 8.53. The fourth-order valence-corrected chi connectivity index (χ4v) is 4.17. The number of unbranched alkanes of at least 4 members (excludes halogenated alkanes) is 2. The first-order valence-corrected chi connectivity index (χ1v) is 11.7. The number of aliphatic hydroxyl groups excluding tert-OH is 1. The van der Waals surface area contributed by atoms with Crippen LogP contribution in [0.4, 0.5) is 5.69 Å². The van der Waals surface area contributed by atoms with Crippen molar-refractivity contribution in [3.05, 3.63) is 89.3 Å². The molecule has 180 valence electrons. The Morgan fingerprint density at radius 2 is 1.86 bits per heavy atom. The van der Waals surface area contributed by atoms with Crippen molar-refractivity contribution in [2.45, 2.75) is 39.2 Å². The van der Waals surface area contributed by atoms with Crippen LogP contribution in [0.1, 0.15) is 48.9 Å². The van der Waals surface area contributed by atoms with Gasteiger partial charge in [-0.2, -0.15) is 0 Å². The molecule has 7 heteroatoms. The van der Waals surface area contributed by atoms with Crippen molar-refractivity contribution in [3.63, 3.8) is 0 Å². The molecule has 7 nitrogen and oxygen atoms in total. The lowest BCUT2D eigenvalue weighted by molar-refractivity contribution is -0.132. The number of phenolic OH excluding ortho intramolecular Hbond substituents is 1. The lowest BCUT2D eigenvalue weighted by atomic mass is 9.96. The number of hydrogen-bond donors (Lipinski definition) is 2. The van der Waals surface area contributed by atoms with Crippen LogP contribution >= 0.6 is 0 Å². The zero-order chi connectivity index (χ0) is 24.9. The fourth-order valence-electron chi connectivity index (χ4n) is 4.17. The summed E-state index contributed by atoms with van der Waals surface area (Å²) >= 11 is 0. The van der Waals surface area contributed by atoms with Gasteiger partial charge in [-0.15, -0.1) is 0 Å². The Balaban J connectivity index is 1.77. The first-order chi connectivity index (χ1) is 16.9. The monoisotopic (exact) mass is 472 g/mol. The van der Waals surface area contributed by atoms with Crippen molar-refractivity contribution in [2.75, 3.05) is 11.5 Å². The molecule has 1 unspecified atom stereocenters. The van der Waals surface area contributed by atoms with Crippen LogP contribution in [-0.2, 0) is 9.59 Å². The fraction of sp³-hybridized carbons (Fsp3) is 0.250. The molecule has 1 saturated heterocycles. The van der Waals surface area contributed by atoms with Gasteiger partial charge in [0.25, 0.3) is 11.7 Å². The molecule has 3 aromatic rings. The number of Topliss-reactive ketones (excluding diaryl/α,β-unsaturated/α-hetero) is 1. The second-order valence-electron chi connectivity index (χ2n) is 8.53. The standard InChI is InChI=1S/C28H28N2O5/c1-3-4-5-15-35-21-11-9-19(10-12-21)26(32)24-25(20-7-6-14-29-17-20)30(28(34)27(24)33)22-16-18(2)8-13-23(22)31/h6-14,16-17,25,31-32H,3-5,15H2,1-2H3/b26-24+. The van der Waals surface area contributed by atoms with Gasteiger partial charge in [-0.05, 0) is 66.9 Å². The summed E-state index contributed by atoms with van der Waals surface area (Å²) in [6, 6.07) is 14.0. The molecule has 4 rings (SSSR count). The van der Waals surface area contributed by atoms with Gasteiger partial charge in [0.05, 0.1) is 23.9 Å². The number of anilines is 1. The third-order valence-electron chi connectivity index (χ3n) is 5.98. The minimum Gasteiger partial charge on any atom is -0.507 e. The zero-order valence-corrected chi connectivity index (χ0v) is 19.8. The van der Waals surface area contributed by atoms with E-state index in [4.69, 9.17) is 4.74 Å². The van der Waals surface area contributed by atoms with Crippen molar-refractivity contribution < 1.29 is 24.5 Å². The summed E-state index contributed by atoms with van der Waals surface area (Å²) in [7, 11) is 0. The van der Waals surface area contributed by atoms with Crippen molar-refractivity contribution >= 4 is 23.1 Å². The summed E-state index contributed by atoms with van der Waals surface area (Å²) in [5.74, 6) is -1.46. The summed E-state index contributed by atoms with van der Waals surface area (Å²) in [5, 5.41) is 21.7.